The summed E-state index contributed by atoms with van der Waals surface area (Å²) in [6.07, 6.45) is -2.71. The molecule has 3 aliphatic rings. The number of aromatic nitrogens is 1. The third-order valence-electron chi connectivity index (χ3n) is 12.6. The second-order valence-corrected chi connectivity index (χ2v) is 17.9. The van der Waals surface area contributed by atoms with Crippen molar-refractivity contribution in [2.24, 2.45) is 5.92 Å². The number of aliphatic hydroxyl groups excluding tert-OH is 2. The molecule has 0 aliphatic carbocycles. The van der Waals surface area contributed by atoms with Crippen LogP contribution in [0.5, 0.6) is 5.75 Å². The molecule has 4 aromatic carbocycles. The number of carbonyl (C=O) groups is 8. The first kappa shape index (κ1) is 50.4. The van der Waals surface area contributed by atoms with Gasteiger partial charge in [-0.3, -0.25) is 38.5 Å². The Morgan fingerprint density at radius 1 is 0.847 bits per heavy atom. The summed E-state index contributed by atoms with van der Waals surface area (Å²) < 4.78 is 11.7. The highest BCUT2D eigenvalue weighted by Gasteiger charge is 2.42. The van der Waals surface area contributed by atoms with Gasteiger partial charge in [-0.1, -0.05) is 38.1 Å². The average Bonchev–Trinajstić information content (AvgIpc) is 4.08. The van der Waals surface area contributed by atoms with Crippen molar-refractivity contribution in [3.8, 4) is 5.75 Å². The Hall–Kier alpha value is -7.98. The third kappa shape index (κ3) is 11.4. The van der Waals surface area contributed by atoms with Gasteiger partial charge in [0.1, 0.15) is 17.5 Å². The summed E-state index contributed by atoms with van der Waals surface area (Å²) >= 11 is 0. The number of aliphatic hydroxyl groups is 2. The van der Waals surface area contributed by atoms with Crippen LogP contribution in [0.1, 0.15) is 59.5 Å². The van der Waals surface area contributed by atoms with E-state index in [-0.39, 0.29) is 56.8 Å². The van der Waals surface area contributed by atoms with Crippen LogP contribution in [0, 0.1) is 5.92 Å². The van der Waals surface area contributed by atoms with Crippen LogP contribution in [-0.4, -0.2) is 136 Å². The van der Waals surface area contributed by atoms with Crippen LogP contribution < -0.4 is 36.2 Å². The molecule has 376 valence electrons. The van der Waals surface area contributed by atoms with Crippen LogP contribution in [0.4, 0.5) is 17.1 Å². The second-order valence-electron chi connectivity index (χ2n) is 17.9. The number of rotatable bonds is 19. The number of amides is 7. The zero-order valence-electron chi connectivity index (χ0n) is 39.3. The number of H-pyrrole nitrogens is 1. The predicted octanol–water partition coefficient (Wildman–Crippen LogP) is 2.57. The molecule has 0 bridgehead atoms. The molecule has 0 radical (unpaired) electrons. The summed E-state index contributed by atoms with van der Waals surface area (Å²) in [6, 6.07) is 21.5. The van der Waals surface area contributed by atoms with E-state index < -0.39 is 66.1 Å². The lowest BCUT2D eigenvalue weighted by Gasteiger charge is -2.35. The van der Waals surface area contributed by atoms with E-state index in [0.29, 0.717) is 69.7 Å². The summed E-state index contributed by atoms with van der Waals surface area (Å²) in [5.74, 6) is -3.97. The molecule has 1 saturated heterocycles. The fourth-order valence-electron chi connectivity index (χ4n) is 8.86. The maximum atomic E-state index is 14.2. The van der Waals surface area contributed by atoms with E-state index in [2.05, 4.69) is 31.6 Å². The minimum absolute atomic E-state index is 0.120. The number of fused-ring (bicyclic) bond motifs is 4. The molecule has 5 aromatic rings. The van der Waals surface area contributed by atoms with Gasteiger partial charge in [-0.05, 0) is 78.2 Å². The lowest BCUT2D eigenvalue weighted by Crippen LogP contribution is -2.53. The molecule has 7 amide bonds. The van der Waals surface area contributed by atoms with Crippen molar-refractivity contribution in [2.75, 3.05) is 48.3 Å². The van der Waals surface area contributed by atoms with E-state index in [4.69, 9.17) is 9.47 Å². The van der Waals surface area contributed by atoms with Gasteiger partial charge in [-0.2, -0.15) is 0 Å². The largest absolute Gasteiger partial charge is 0.479 e. The number of nitrogens with zero attached hydrogens (tertiary/aromatic N) is 2. The number of benzene rings is 4. The van der Waals surface area contributed by atoms with Gasteiger partial charge in [-0.15, -0.1) is 0 Å². The lowest BCUT2D eigenvalue weighted by atomic mass is 10.0. The molecule has 1 unspecified atom stereocenters. The van der Waals surface area contributed by atoms with E-state index >= 15 is 0 Å². The molecule has 21 heteroatoms. The van der Waals surface area contributed by atoms with Crippen molar-refractivity contribution in [2.45, 2.75) is 70.2 Å². The number of carboxylic acids is 1. The number of nitrogens with one attached hydrogen (secondary N) is 6. The number of carbonyl (C=O) groups excluding carboxylic acids is 7. The van der Waals surface area contributed by atoms with Crippen LogP contribution in [0.25, 0.3) is 21.7 Å². The van der Waals surface area contributed by atoms with Crippen LogP contribution in [0.15, 0.2) is 91.0 Å². The minimum atomic E-state index is -1.69. The Morgan fingerprint density at radius 2 is 1.57 bits per heavy atom. The highest BCUT2D eigenvalue weighted by Crippen LogP contribution is 2.42. The number of ether oxygens (including phenoxy) is 2. The summed E-state index contributed by atoms with van der Waals surface area (Å²) in [5.41, 5.74) is 3.61. The number of aromatic amines is 1. The summed E-state index contributed by atoms with van der Waals surface area (Å²) in [6.45, 7) is 4.38. The number of anilines is 3. The van der Waals surface area contributed by atoms with E-state index in [1.807, 2.05) is 38.1 Å². The summed E-state index contributed by atoms with van der Waals surface area (Å²) in [4.78, 5) is 106. The smallest absolute Gasteiger partial charge is 0.335 e. The Bertz CT molecular complexity index is 2950. The van der Waals surface area contributed by atoms with Gasteiger partial charge in [0.05, 0.1) is 24.4 Å². The molecule has 3 aliphatic heterocycles. The quantitative estimate of drug-likeness (QED) is 0.0425. The van der Waals surface area contributed by atoms with E-state index in [1.54, 1.807) is 47.4 Å². The second kappa shape index (κ2) is 22.0. The molecule has 8 rings (SSSR count). The Labute approximate surface area is 411 Å². The standard InChI is InChI=1S/C51H54N8O13/c1-27(2)45(53-19-18-52-40(61)8-5-20-59-42(63)15-16-43(59)64)49(67)54-26-41(62)55-30-11-9-28(10-12-30)48(66)56-31-13-14-35-29(22-31)23-36(57-35)50(68)58-21-17-33-32-6-3-4-7-34(32)39(24-37(33)58)71-44-25-38(60)46(65)47(72-44)51(69)70/h3-4,6-7,9-16,22-24,27,38,44-47,53,57,60,65H,5,8,17-21,25-26H2,1-2H3,(H,52,61)(H,54,67)(H,55,62)(H,56,66)(H,69,70)/t38-,44+,45?,46+,47+/m1/s1. The molecule has 4 heterocycles. The zero-order chi connectivity index (χ0) is 51.2. The van der Waals surface area contributed by atoms with Gasteiger partial charge < -0.3 is 61.3 Å². The Balaban J connectivity index is 0.813. The third-order valence-corrected chi connectivity index (χ3v) is 12.6. The highest BCUT2D eigenvalue weighted by molar-refractivity contribution is 6.13. The van der Waals surface area contributed by atoms with E-state index in [1.165, 1.54) is 24.3 Å². The lowest BCUT2D eigenvalue weighted by molar-refractivity contribution is -0.228. The molecule has 21 nitrogen and oxygen atoms in total. The number of imide groups is 1. The minimum Gasteiger partial charge on any atom is -0.479 e. The fourth-order valence-corrected chi connectivity index (χ4v) is 8.86. The van der Waals surface area contributed by atoms with Gasteiger partial charge >= 0.3 is 5.97 Å². The van der Waals surface area contributed by atoms with Crippen molar-refractivity contribution in [3.63, 3.8) is 0 Å². The van der Waals surface area contributed by atoms with Crippen molar-refractivity contribution in [1.82, 2.24) is 25.8 Å². The number of aliphatic carboxylic acids is 1. The summed E-state index contributed by atoms with van der Waals surface area (Å²) in [5, 5.41) is 46.3. The molecule has 1 fully saturated rings. The van der Waals surface area contributed by atoms with Crippen molar-refractivity contribution < 1.29 is 63.1 Å². The molecule has 0 saturated carbocycles. The Morgan fingerprint density at radius 3 is 2.29 bits per heavy atom. The van der Waals surface area contributed by atoms with Crippen LogP contribution >= 0.6 is 0 Å². The van der Waals surface area contributed by atoms with Crippen molar-refractivity contribution in [1.29, 1.82) is 0 Å². The van der Waals surface area contributed by atoms with Gasteiger partial charge in [0.15, 0.2) is 6.10 Å². The molecule has 0 spiro atoms. The SMILES string of the molecule is CC(C)C(NCCNC(=O)CCCN1C(=O)C=CC1=O)C(=O)NCC(=O)Nc1ccc(C(=O)Nc2ccc3[nH]c(C(=O)N4CCc5c4cc(O[C@@H]4C[C@@H](O)[C@H](O)[C@@H](C(=O)O)O4)c4ccccc54)cc3c2)cc1. The molecule has 5 atom stereocenters. The molecule has 72 heavy (non-hydrogen) atoms. The maximum Gasteiger partial charge on any atom is 0.335 e. The van der Waals surface area contributed by atoms with Gasteiger partial charge in [0, 0.05) is 90.5 Å². The van der Waals surface area contributed by atoms with Crippen LogP contribution in [0.2, 0.25) is 0 Å². The molecular weight excluding hydrogens is 933 g/mol. The topological polar surface area (TPSA) is 298 Å². The Kier molecular flexibility index (Phi) is 15.4. The van der Waals surface area contributed by atoms with E-state index in [9.17, 15) is 53.7 Å². The fraction of sp³-hybridized carbons (Fsp3) is 0.333. The van der Waals surface area contributed by atoms with Gasteiger partial charge in [-0.25, -0.2) is 4.79 Å². The first-order valence-electron chi connectivity index (χ1n) is 23.5. The summed E-state index contributed by atoms with van der Waals surface area (Å²) in [7, 11) is 0. The zero-order valence-corrected chi connectivity index (χ0v) is 39.3. The first-order chi connectivity index (χ1) is 34.5. The van der Waals surface area contributed by atoms with Crippen LogP contribution in [-0.2, 0) is 39.9 Å². The van der Waals surface area contributed by atoms with Crippen LogP contribution in [0.3, 0.4) is 0 Å². The number of hydrogen-bond acceptors (Lipinski definition) is 13. The molecular formula is C51H54N8O13. The van der Waals surface area contributed by atoms with E-state index in [0.717, 1.165) is 15.8 Å². The van der Waals surface area contributed by atoms with Crippen molar-refractivity contribution in [3.05, 3.63) is 108 Å². The molecule has 9 N–H and O–H groups in total. The predicted molar refractivity (Wildman–Crippen MR) is 262 cm³/mol. The van der Waals surface area contributed by atoms with Gasteiger partial charge in [0.25, 0.3) is 23.6 Å². The monoisotopic (exact) mass is 986 g/mol. The first-order valence-corrected chi connectivity index (χ1v) is 23.5. The normalized spacial score (nSPS) is 18.8. The number of carboxylic acid groups (broad SMARTS) is 1. The number of hydrogen-bond donors (Lipinski definition) is 9. The highest BCUT2D eigenvalue weighted by atomic mass is 16.7. The maximum absolute atomic E-state index is 14.2. The average molecular weight is 987 g/mol. The van der Waals surface area contributed by atoms with Gasteiger partial charge in [0.2, 0.25) is 24.0 Å². The molecule has 1 aromatic heterocycles. The van der Waals surface area contributed by atoms with Crippen molar-refractivity contribution >= 4 is 86.1 Å².